The molecule has 34 heavy (non-hydrogen) atoms. The van der Waals surface area contributed by atoms with Gasteiger partial charge in [0.1, 0.15) is 11.6 Å². The minimum absolute atomic E-state index is 0. The minimum Gasteiger partial charge on any atom is -0.451 e. The van der Waals surface area contributed by atoms with Crippen LogP contribution < -0.4 is 14.5 Å². The Morgan fingerprint density at radius 1 is 0.706 bits per heavy atom. The molecule has 1 radical (unpaired) electrons. The largest absolute Gasteiger partial charge is 0.451 e. The summed E-state index contributed by atoms with van der Waals surface area (Å²) in [5.74, 6) is 1.43. The zero-order valence-electron chi connectivity index (χ0n) is 21.6. The first-order valence-electron chi connectivity index (χ1n) is 11.6. The molecule has 0 spiro atoms. The topological polar surface area (TPSA) is 39.6 Å². The van der Waals surface area contributed by atoms with E-state index < -0.39 is 6.35 Å². The van der Waals surface area contributed by atoms with Gasteiger partial charge in [-0.1, -0.05) is 53.6 Å². The van der Waals surface area contributed by atoms with Crippen LogP contribution in [0.25, 0.3) is 0 Å². The molecule has 3 aromatic carbocycles. The van der Waals surface area contributed by atoms with Crippen LogP contribution in [0.5, 0.6) is 5.75 Å². The maximum atomic E-state index is 9.06. The summed E-state index contributed by atoms with van der Waals surface area (Å²) in [6.45, 7) is 17.5. The van der Waals surface area contributed by atoms with Gasteiger partial charge in [-0.15, -0.1) is 0 Å². The number of amidine groups is 1. The molecule has 0 amide bonds. The third-order valence-electron chi connectivity index (χ3n) is 6.53. The van der Waals surface area contributed by atoms with Crippen molar-refractivity contribution in [2.45, 2.75) is 61.7 Å². The summed E-state index contributed by atoms with van der Waals surface area (Å²) >= 11 is 0. The van der Waals surface area contributed by atoms with Gasteiger partial charge in [0.2, 0.25) is 0 Å². The Morgan fingerprint density at radius 3 is 1.62 bits per heavy atom. The van der Waals surface area contributed by atoms with Crippen LogP contribution in [0.4, 0.5) is 11.4 Å². The van der Waals surface area contributed by atoms with Gasteiger partial charge in [0.25, 0.3) is 6.35 Å². The van der Waals surface area contributed by atoms with Gasteiger partial charge in [0, 0.05) is 24.2 Å². The Hall–Kier alpha value is -2.69. The van der Waals surface area contributed by atoms with E-state index in [1.165, 1.54) is 22.3 Å². The van der Waals surface area contributed by atoms with Crippen molar-refractivity contribution in [3.8, 4) is 5.75 Å². The fraction of sp³-hybridized carbons (Fsp3) is 0.345. The average Bonchev–Trinajstić information content (AvgIpc) is 2.99. The predicted octanol–water partition coefficient (Wildman–Crippen LogP) is 6.82. The molecule has 1 aliphatic rings. The molecule has 1 N–H and O–H groups in total. The molecule has 1 aliphatic heterocycles. The molecule has 4 rings (SSSR count). The van der Waals surface area contributed by atoms with Crippen LogP contribution in [0.2, 0.25) is 0 Å². The Morgan fingerprint density at radius 2 is 1.15 bits per heavy atom. The van der Waals surface area contributed by atoms with Gasteiger partial charge >= 0.3 is 0 Å². The van der Waals surface area contributed by atoms with Crippen LogP contribution in [0.15, 0.2) is 42.5 Å². The van der Waals surface area contributed by atoms with E-state index in [1.807, 2.05) is 0 Å². The van der Waals surface area contributed by atoms with Crippen LogP contribution in [-0.4, -0.2) is 18.7 Å². The number of nitrogens with zero attached hydrogens (tertiary/aromatic N) is 2. The SMILES string of the molecule is Cc1cc(C)c(N2CC(=N)N(c3c(C)cc(C)cc3C)C2Oc2c(C)cccc2C)c(C)c1.[V]. The van der Waals surface area contributed by atoms with Crippen LogP contribution in [0.1, 0.15) is 44.5 Å². The van der Waals surface area contributed by atoms with Crippen molar-refractivity contribution in [1.29, 1.82) is 5.41 Å². The first-order valence-corrected chi connectivity index (χ1v) is 11.6. The summed E-state index contributed by atoms with van der Waals surface area (Å²) in [4.78, 5) is 4.33. The zero-order chi connectivity index (χ0) is 24.0. The number of nitrogens with one attached hydrogen (secondary N) is 1. The van der Waals surface area contributed by atoms with E-state index in [9.17, 15) is 0 Å². The molecule has 3 aromatic rings. The average molecular weight is 493 g/mol. The summed E-state index contributed by atoms with van der Waals surface area (Å²) < 4.78 is 6.83. The zero-order valence-corrected chi connectivity index (χ0v) is 23.0. The van der Waals surface area contributed by atoms with Gasteiger partial charge < -0.3 is 9.64 Å². The number of anilines is 2. The molecule has 0 bridgehead atoms. The number of rotatable bonds is 4. The van der Waals surface area contributed by atoms with Crippen molar-refractivity contribution >= 4 is 17.2 Å². The Bertz CT molecular complexity index is 1180. The van der Waals surface area contributed by atoms with Crippen molar-refractivity contribution in [1.82, 2.24) is 0 Å². The van der Waals surface area contributed by atoms with Crippen molar-refractivity contribution in [2.24, 2.45) is 0 Å². The minimum atomic E-state index is -0.447. The summed E-state index contributed by atoms with van der Waals surface area (Å²) in [6.07, 6.45) is -0.447. The number of para-hydroxylation sites is 1. The van der Waals surface area contributed by atoms with Gasteiger partial charge in [0.05, 0.1) is 12.2 Å². The Kier molecular flexibility index (Phi) is 7.54. The summed E-state index contributed by atoms with van der Waals surface area (Å²) in [6, 6.07) is 15.0. The van der Waals surface area contributed by atoms with Crippen molar-refractivity contribution in [2.75, 3.05) is 16.3 Å². The second kappa shape index (κ2) is 9.89. The number of hydrogen-bond donors (Lipinski definition) is 1. The molecule has 1 atom stereocenters. The molecular formula is C29H35N3OV. The quantitative estimate of drug-likeness (QED) is 0.435. The fourth-order valence-corrected chi connectivity index (χ4v) is 5.41. The van der Waals surface area contributed by atoms with Crippen molar-refractivity contribution < 1.29 is 23.3 Å². The third kappa shape index (κ3) is 4.62. The third-order valence-corrected chi connectivity index (χ3v) is 6.53. The fourth-order valence-electron chi connectivity index (χ4n) is 5.41. The van der Waals surface area contributed by atoms with E-state index in [-0.39, 0.29) is 18.6 Å². The van der Waals surface area contributed by atoms with E-state index in [4.69, 9.17) is 10.1 Å². The number of hydrogen-bond acceptors (Lipinski definition) is 3. The maximum Gasteiger partial charge on any atom is 0.259 e. The summed E-state index contributed by atoms with van der Waals surface area (Å²) in [5, 5.41) is 9.06. The molecular weight excluding hydrogens is 457 g/mol. The van der Waals surface area contributed by atoms with Gasteiger partial charge in [-0.25, -0.2) is 0 Å². The van der Waals surface area contributed by atoms with Crippen molar-refractivity contribution in [3.05, 3.63) is 87.0 Å². The van der Waals surface area contributed by atoms with Crippen molar-refractivity contribution in [3.63, 3.8) is 0 Å². The monoisotopic (exact) mass is 492 g/mol. The van der Waals surface area contributed by atoms with E-state index in [0.717, 1.165) is 39.4 Å². The summed E-state index contributed by atoms with van der Waals surface area (Å²) in [5.41, 5.74) is 11.6. The van der Waals surface area contributed by atoms with Gasteiger partial charge in [-0.2, -0.15) is 0 Å². The molecule has 0 saturated carbocycles. The normalized spacial score (nSPS) is 15.5. The maximum absolute atomic E-state index is 9.06. The van der Waals surface area contributed by atoms with E-state index in [0.29, 0.717) is 12.4 Å². The first kappa shape index (κ1) is 25.9. The number of benzene rings is 3. The molecule has 1 unspecified atom stereocenters. The molecule has 1 saturated heterocycles. The van der Waals surface area contributed by atoms with Crippen LogP contribution >= 0.6 is 0 Å². The molecule has 1 heterocycles. The predicted molar refractivity (Wildman–Crippen MR) is 139 cm³/mol. The standard InChI is InChI=1S/C29H35N3O.V/c1-17-12-21(5)26(22(6)13-17)31-16-25(30)32(27-23(7)14-18(2)15-24(27)8)29(31)33-28-19(3)10-9-11-20(28)4;/h9-15,29-30H,16H2,1-8H3;. The van der Waals surface area contributed by atoms with Gasteiger partial charge in [-0.05, 0) is 88.8 Å². The Balaban J connectivity index is 0.00000324. The molecule has 0 aliphatic carbocycles. The van der Waals surface area contributed by atoms with E-state index >= 15 is 0 Å². The first-order chi connectivity index (χ1) is 15.6. The van der Waals surface area contributed by atoms with Crippen LogP contribution in [-0.2, 0) is 18.6 Å². The van der Waals surface area contributed by atoms with E-state index in [2.05, 4.69) is 108 Å². The van der Waals surface area contributed by atoms with Gasteiger partial charge in [0.15, 0.2) is 0 Å². The summed E-state index contributed by atoms with van der Waals surface area (Å²) in [7, 11) is 0. The smallest absolute Gasteiger partial charge is 0.259 e. The van der Waals surface area contributed by atoms with Crippen LogP contribution in [0.3, 0.4) is 0 Å². The van der Waals surface area contributed by atoms with E-state index in [1.54, 1.807) is 0 Å². The molecule has 5 heteroatoms. The number of ether oxygens (including phenoxy) is 1. The van der Waals surface area contributed by atoms with Gasteiger partial charge in [-0.3, -0.25) is 10.3 Å². The molecule has 1 fully saturated rings. The second-order valence-electron chi connectivity index (χ2n) is 9.60. The Labute approximate surface area is 216 Å². The van der Waals surface area contributed by atoms with Crippen LogP contribution in [0, 0.1) is 60.8 Å². The molecule has 0 aromatic heterocycles. The second-order valence-corrected chi connectivity index (χ2v) is 9.60. The molecule has 4 nitrogen and oxygen atoms in total. The molecule has 177 valence electrons. The number of aryl methyl sites for hydroxylation is 8.